The monoisotopic (exact) mass is 211 g/mol. The van der Waals surface area contributed by atoms with Crippen LogP contribution in [-0.2, 0) is 4.79 Å². The molecule has 0 rings (SSSR count). The number of hydrogen-bond donors (Lipinski definition) is 1. The predicted octanol–water partition coefficient (Wildman–Crippen LogP) is 1.80. The molecule has 2 nitrogen and oxygen atoms in total. The Morgan fingerprint density at radius 2 is 2.12 bits per heavy atom. The molecule has 0 aliphatic heterocycles. The largest absolute Gasteiger partial charge is 0.481 e. The number of carboxylic acids is 1. The first-order valence-electron chi connectivity index (χ1n) is 4.38. The van der Waals surface area contributed by atoms with E-state index in [2.05, 4.69) is 53.7 Å². The van der Waals surface area contributed by atoms with Crippen LogP contribution >= 0.6 is 0 Å². The first-order valence-corrected chi connectivity index (χ1v) is 4.38. The molecule has 0 fully saturated rings. The topological polar surface area (TPSA) is 37.3 Å². The average molecular weight is 211 g/mol. The molecule has 0 aliphatic rings. The zero-order valence-electron chi connectivity index (χ0n) is 9.05. The van der Waals surface area contributed by atoms with Gasteiger partial charge >= 0.3 is 5.97 Å². The van der Waals surface area contributed by atoms with Crippen molar-refractivity contribution in [3.8, 4) is 36.0 Å². The van der Waals surface area contributed by atoms with Crippen LogP contribution in [0.15, 0.2) is 18.0 Å². The van der Waals surface area contributed by atoms with E-state index < -0.39 is 5.97 Å². The van der Waals surface area contributed by atoms with Gasteiger partial charge in [-0.2, -0.15) is 5.92 Å². The normalized spacial score (nSPS) is 5.50. The van der Waals surface area contributed by atoms with Crippen molar-refractivity contribution in [2.45, 2.75) is 19.8 Å². The smallest absolute Gasteiger partial charge is 0.303 e. The second-order valence-corrected chi connectivity index (χ2v) is 2.21. The third-order valence-corrected chi connectivity index (χ3v) is 0.937. The van der Waals surface area contributed by atoms with E-state index >= 15 is 0 Å². The number of carbonyl (C=O) groups is 1. The Morgan fingerprint density at radius 1 is 1.44 bits per heavy atom. The molecule has 80 valence electrons. The molecule has 1 N–H and O–H groups in total. The molecule has 2 heteroatoms. The van der Waals surface area contributed by atoms with Crippen molar-refractivity contribution in [1.82, 2.24) is 0 Å². The minimum absolute atomic E-state index is 0.292. The van der Waals surface area contributed by atoms with E-state index in [1.165, 1.54) is 0 Å². The molecule has 0 aliphatic carbocycles. The summed E-state index contributed by atoms with van der Waals surface area (Å²) in [5.74, 6) is 11.0. The van der Waals surface area contributed by atoms with Gasteiger partial charge in [-0.05, 0) is 18.3 Å². The maximum Gasteiger partial charge on any atom is 0.303 e. The van der Waals surface area contributed by atoms with Gasteiger partial charge in [-0.25, -0.2) is 17.4 Å². The summed E-state index contributed by atoms with van der Waals surface area (Å²) < 4.78 is 0. The van der Waals surface area contributed by atoms with Crippen LogP contribution in [0.5, 0.6) is 0 Å². The van der Waals surface area contributed by atoms with E-state index in [1.807, 2.05) is 6.92 Å². The minimum atomic E-state index is -0.711. The minimum Gasteiger partial charge on any atom is -0.481 e. The Hall–Kier alpha value is -2.55. The third-order valence-electron chi connectivity index (χ3n) is 0.937. The average Bonchev–Trinajstić information content (AvgIpc) is 2.24. The summed E-state index contributed by atoms with van der Waals surface area (Å²) in [5.41, 5.74) is 4.78. The summed E-state index contributed by atoms with van der Waals surface area (Å²) in [6.45, 7) is 5.10. The zero-order chi connectivity index (χ0) is 12.6. The van der Waals surface area contributed by atoms with Gasteiger partial charge in [0.1, 0.15) is 0 Å². The lowest BCUT2D eigenvalue weighted by Gasteiger charge is -1.79. The molecule has 0 aromatic carbocycles. The summed E-state index contributed by atoms with van der Waals surface area (Å²) in [6, 6.07) is 0. The second kappa shape index (κ2) is 14.9. The molecule has 0 saturated heterocycles. The van der Waals surface area contributed by atoms with Gasteiger partial charge in [-0.1, -0.05) is 18.9 Å². The van der Waals surface area contributed by atoms with Gasteiger partial charge in [0.15, 0.2) is 0 Å². The number of hydrogen-bond acceptors (Lipinski definition) is 1. The predicted molar refractivity (Wildman–Crippen MR) is 62.8 cm³/mol. The molecule has 0 amide bonds. The number of terminal acetylenes is 1. The van der Waals surface area contributed by atoms with Crippen molar-refractivity contribution in [3.63, 3.8) is 0 Å². The van der Waals surface area contributed by atoms with Crippen molar-refractivity contribution in [1.29, 1.82) is 0 Å². The van der Waals surface area contributed by atoms with Gasteiger partial charge in [-0.15, -0.1) is 13.0 Å². The second-order valence-electron chi connectivity index (χ2n) is 2.21. The number of aliphatic carboxylic acids is 1. The SMILES string of the molecule is C#CC#CC#C[C-]=C=C=C.CCCC(=O)O. The fourth-order valence-corrected chi connectivity index (χ4v) is 0.419. The van der Waals surface area contributed by atoms with Crippen molar-refractivity contribution in [3.05, 3.63) is 24.1 Å². The molecular formula is C14H11O2-. The van der Waals surface area contributed by atoms with Crippen LogP contribution in [0.4, 0.5) is 0 Å². The third kappa shape index (κ3) is 22.5. The molecule has 0 heterocycles. The summed E-state index contributed by atoms with van der Waals surface area (Å²) in [6.07, 6.45) is 8.28. The zero-order valence-corrected chi connectivity index (χ0v) is 9.05. The molecule has 0 radical (unpaired) electrons. The summed E-state index contributed by atoms with van der Waals surface area (Å²) in [4.78, 5) is 9.60. The molecule has 0 spiro atoms. The fourth-order valence-electron chi connectivity index (χ4n) is 0.419. The number of allylic oxidation sites excluding steroid dienone is 1. The summed E-state index contributed by atoms with van der Waals surface area (Å²) >= 11 is 0. The highest BCUT2D eigenvalue weighted by atomic mass is 16.4. The fraction of sp³-hybridized carbons (Fsp3) is 0.214. The first kappa shape index (κ1) is 15.9. The highest BCUT2D eigenvalue weighted by Gasteiger charge is 1.87. The number of rotatable bonds is 2. The lowest BCUT2D eigenvalue weighted by molar-refractivity contribution is -0.137. The summed E-state index contributed by atoms with van der Waals surface area (Å²) in [5, 5.41) is 7.91. The van der Waals surface area contributed by atoms with E-state index in [4.69, 9.17) is 11.5 Å². The van der Waals surface area contributed by atoms with Crippen LogP contribution in [0.1, 0.15) is 19.8 Å². The van der Waals surface area contributed by atoms with E-state index in [-0.39, 0.29) is 0 Å². The summed E-state index contributed by atoms with van der Waals surface area (Å²) in [7, 11) is 0. The van der Waals surface area contributed by atoms with Gasteiger partial charge < -0.3 is 5.11 Å². The Morgan fingerprint density at radius 3 is 2.50 bits per heavy atom. The molecule has 0 saturated carbocycles. The van der Waals surface area contributed by atoms with Crippen molar-refractivity contribution >= 4 is 5.97 Å². The highest BCUT2D eigenvalue weighted by Crippen LogP contribution is 1.82. The van der Waals surface area contributed by atoms with Crippen LogP contribution in [0.2, 0.25) is 0 Å². The van der Waals surface area contributed by atoms with Crippen molar-refractivity contribution < 1.29 is 9.90 Å². The van der Waals surface area contributed by atoms with Gasteiger partial charge in [0.25, 0.3) is 0 Å². The van der Waals surface area contributed by atoms with Crippen LogP contribution in [0, 0.1) is 42.1 Å². The molecule has 0 unspecified atom stereocenters. The highest BCUT2D eigenvalue weighted by molar-refractivity contribution is 5.66. The Bertz CT molecular complexity index is 443. The van der Waals surface area contributed by atoms with Crippen LogP contribution in [-0.4, -0.2) is 11.1 Å². The van der Waals surface area contributed by atoms with E-state index in [1.54, 1.807) is 0 Å². The van der Waals surface area contributed by atoms with Gasteiger partial charge in [0.05, 0.1) is 0 Å². The van der Waals surface area contributed by atoms with Crippen LogP contribution in [0.3, 0.4) is 0 Å². The van der Waals surface area contributed by atoms with E-state index in [0.717, 1.165) is 6.42 Å². The van der Waals surface area contributed by atoms with Gasteiger partial charge in [-0.3, -0.25) is 4.79 Å². The molecule has 0 aromatic heterocycles. The maximum absolute atomic E-state index is 9.60. The van der Waals surface area contributed by atoms with Gasteiger partial charge in [0.2, 0.25) is 0 Å². The maximum atomic E-state index is 9.60. The Kier molecular flexibility index (Phi) is 14.9. The molecular weight excluding hydrogens is 200 g/mol. The number of carboxylic acid groups (broad SMARTS) is 1. The lowest BCUT2D eigenvalue weighted by Crippen LogP contribution is -1.90. The van der Waals surface area contributed by atoms with Crippen molar-refractivity contribution in [2.24, 2.45) is 0 Å². The Labute approximate surface area is 96.4 Å². The quantitative estimate of drug-likeness (QED) is 0.429. The van der Waals surface area contributed by atoms with Gasteiger partial charge in [0, 0.05) is 6.42 Å². The standard InChI is InChI=1S/C10H3.C4H8O2/c1-3-5-7-9-10-8-6-4-2;1-2-3-4(5)6/h1H,2H2;2-3H2,1H3,(H,5,6)/q-1;. The molecule has 0 atom stereocenters. The van der Waals surface area contributed by atoms with Crippen LogP contribution < -0.4 is 0 Å². The van der Waals surface area contributed by atoms with E-state index in [0.29, 0.717) is 6.42 Å². The lowest BCUT2D eigenvalue weighted by atomic mass is 10.4. The van der Waals surface area contributed by atoms with Crippen LogP contribution in [0.25, 0.3) is 0 Å². The molecule has 16 heavy (non-hydrogen) atoms. The Balaban J connectivity index is 0. The van der Waals surface area contributed by atoms with E-state index in [9.17, 15) is 4.79 Å². The first-order chi connectivity index (χ1) is 7.68. The molecule has 0 bridgehead atoms. The molecule has 0 aromatic rings. The van der Waals surface area contributed by atoms with Crippen molar-refractivity contribution in [2.75, 3.05) is 0 Å².